The van der Waals surface area contributed by atoms with Crippen LogP contribution in [0.5, 0.6) is 5.75 Å². The molecule has 1 heterocycles. The quantitative estimate of drug-likeness (QED) is 0.141. The van der Waals surface area contributed by atoms with Gasteiger partial charge in [-0.1, -0.05) is 84.9 Å². The second-order valence-electron chi connectivity index (χ2n) is 9.74. The maximum absolute atomic E-state index is 13.1. The van der Waals surface area contributed by atoms with Gasteiger partial charge in [-0.2, -0.15) is 0 Å². The number of nitrogens with zero attached hydrogens (tertiary/aromatic N) is 1. The van der Waals surface area contributed by atoms with Crippen molar-refractivity contribution in [1.29, 1.82) is 0 Å². The predicted octanol–water partition coefficient (Wildman–Crippen LogP) is 6.77. The molecule has 0 aliphatic carbocycles. The zero-order valence-electron chi connectivity index (χ0n) is 23.1. The van der Waals surface area contributed by atoms with Crippen molar-refractivity contribution in [3.63, 3.8) is 0 Å². The van der Waals surface area contributed by atoms with E-state index in [2.05, 4.69) is 15.3 Å². The SMILES string of the molecule is Cc1nc(-c2ccccc2)[nH]c1CCOc1ccc(C[C@H](Nc2ccccc2C(=O)c2ccccc2)C(=O)O)cc1.Cl. The third-order valence-corrected chi connectivity index (χ3v) is 6.85. The van der Waals surface area contributed by atoms with Crippen LogP contribution in [0.2, 0.25) is 0 Å². The molecular weight excluding hydrogens is 550 g/mol. The Morgan fingerprint density at radius 2 is 1.52 bits per heavy atom. The number of carbonyl (C=O) groups excluding carboxylic acids is 1. The van der Waals surface area contributed by atoms with Crippen LogP contribution in [0.15, 0.2) is 109 Å². The molecule has 1 aromatic heterocycles. The van der Waals surface area contributed by atoms with Gasteiger partial charge < -0.3 is 20.1 Å². The van der Waals surface area contributed by atoms with Crippen LogP contribution >= 0.6 is 12.4 Å². The molecule has 0 amide bonds. The molecule has 1 atom stereocenters. The summed E-state index contributed by atoms with van der Waals surface area (Å²) in [5, 5.41) is 13.0. The molecule has 0 saturated heterocycles. The number of hydrogen-bond acceptors (Lipinski definition) is 5. The Morgan fingerprint density at radius 1 is 0.881 bits per heavy atom. The smallest absolute Gasteiger partial charge is 0.326 e. The highest BCUT2D eigenvalue weighted by Crippen LogP contribution is 2.22. The van der Waals surface area contributed by atoms with Gasteiger partial charge in [0.15, 0.2) is 5.78 Å². The van der Waals surface area contributed by atoms with Gasteiger partial charge in [0.1, 0.15) is 17.6 Å². The molecule has 7 nitrogen and oxygen atoms in total. The van der Waals surface area contributed by atoms with E-state index in [1.165, 1.54) is 0 Å². The second kappa shape index (κ2) is 14.1. The molecular formula is C34H32ClN3O4. The Labute approximate surface area is 251 Å². The van der Waals surface area contributed by atoms with Crippen LogP contribution in [0.1, 0.15) is 32.9 Å². The fourth-order valence-corrected chi connectivity index (χ4v) is 4.64. The van der Waals surface area contributed by atoms with E-state index in [1.807, 2.05) is 67.6 Å². The van der Waals surface area contributed by atoms with Crippen molar-refractivity contribution in [1.82, 2.24) is 9.97 Å². The number of ketones is 1. The summed E-state index contributed by atoms with van der Waals surface area (Å²) in [6.45, 7) is 2.46. The number of anilines is 1. The highest BCUT2D eigenvalue weighted by molar-refractivity contribution is 6.12. The van der Waals surface area contributed by atoms with Crippen LogP contribution in [0, 0.1) is 6.92 Å². The van der Waals surface area contributed by atoms with Gasteiger partial charge in [0.25, 0.3) is 0 Å². The standard InChI is InChI=1S/C34H31N3O4.ClH/c1-23-29(37-33(35-23)26-12-6-3-7-13-26)20-21-41-27-18-16-24(17-19-27)22-31(34(39)40)36-30-15-9-8-14-28(30)32(38)25-10-4-2-5-11-25;/h2-19,31,36H,20-22H2,1H3,(H,35,37)(H,39,40);1H/t31-;/m0./s1. The monoisotopic (exact) mass is 581 g/mol. The van der Waals surface area contributed by atoms with Crippen molar-refractivity contribution in [2.24, 2.45) is 0 Å². The third kappa shape index (κ3) is 7.44. The van der Waals surface area contributed by atoms with Gasteiger partial charge in [0.2, 0.25) is 0 Å². The number of imidazole rings is 1. The Kier molecular flexibility index (Phi) is 10.1. The summed E-state index contributed by atoms with van der Waals surface area (Å²) in [7, 11) is 0. The number of aryl methyl sites for hydroxylation is 1. The highest BCUT2D eigenvalue weighted by atomic mass is 35.5. The number of carboxylic acid groups (broad SMARTS) is 1. The number of H-pyrrole nitrogens is 1. The highest BCUT2D eigenvalue weighted by Gasteiger charge is 2.21. The first-order chi connectivity index (χ1) is 20.0. The summed E-state index contributed by atoms with van der Waals surface area (Å²) in [5.41, 5.74) is 5.31. The zero-order chi connectivity index (χ0) is 28.6. The normalized spacial score (nSPS) is 11.3. The Balaban J connectivity index is 0.00000405. The number of aromatic nitrogens is 2. The van der Waals surface area contributed by atoms with E-state index in [9.17, 15) is 14.7 Å². The molecule has 0 aliphatic rings. The van der Waals surface area contributed by atoms with E-state index in [0.29, 0.717) is 35.6 Å². The molecule has 8 heteroatoms. The predicted molar refractivity (Wildman–Crippen MR) is 167 cm³/mol. The minimum Gasteiger partial charge on any atom is -0.493 e. The van der Waals surface area contributed by atoms with Crippen LogP contribution in [-0.2, 0) is 17.6 Å². The molecule has 4 aromatic carbocycles. The minimum absolute atomic E-state index is 0. The molecule has 214 valence electrons. The molecule has 0 fully saturated rings. The number of para-hydroxylation sites is 1. The van der Waals surface area contributed by atoms with Gasteiger partial charge in [-0.3, -0.25) is 4.79 Å². The van der Waals surface area contributed by atoms with E-state index in [1.54, 1.807) is 48.5 Å². The van der Waals surface area contributed by atoms with Gasteiger partial charge >= 0.3 is 5.97 Å². The van der Waals surface area contributed by atoms with Crippen molar-refractivity contribution in [2.75, 3.05) is 11.9 Å². The lowest BCUT2D eigenvalue weighted by atomic mass is 10.00. The molecule has 5 aromatic rings. The molecule has 0 aliphatic heterocycles. The molecule has 5 rings (SSSR count). The number of hydrogen-bond donors (Lipinski definition) is 3. The summed E-state index contributed by atoms with van der Waals surface area (Å²) in [6, 6.07) is 32.4. The van der Waals surface area contributed by atoms with Gasteiger partial charge in [0, 0.05) is 40.9 Å². The maximum Gasteiger partial charge on any atom is 0.326 e. The molecule has 0 radical (unpaired) electrons. The van der Waals surface area contributed by atoms with Crippen LogP contribution in [-0.4, -0.2) is 39.5 Å². The number of nitrogens with one attached hydrogen (secondary N) is 2. The molecule has 3 N–H and O–H groups in total. The number of aliphatic carboxylic acids is 1. The van der Waals surface area contributed by atoms with Gasteiger partial charge in [-0.05, 0) is 36.8 Å². The Hall–Kier alpha value is -4.88. The number of aromatic amines is 1. The lowest BCUT2D eigenvalue weighted by Crippen LogP contribution is -2.32. The molecule has 42 heavy (non-hydrogen) atoms. The lowest BCUT2D eigenvalue weighted by molar-refractivity contribution is -0.137. The van der Waals surface area contributed by atoms with E-state index < -0.39 is 12.0 Å². The maximum atomic E-state index is 13.1. The number of carbonyl (C=O) groups is 2. The molecule has 0 saturated carbocycles. The van der Waals surface area contributed by atoms with Gasteiger partial charge in [0.05, 0.1) is 12.3 Å². The summed E-state index contributed by atoms with van der Waals surface area (Å²) < 4.78 is 5.95. The first-order valence-electron chi connectivity index (χ1n) is 13.5. The van der Waals surface area contributed by atoms with E-state index in [0.717, 1.165) is 28.3 Å². The average molecular weight is 582 g/mol. The largest absolute Gasteiger partial charge is 0.493 e. The third-order valence-electron chi connectivity index (χ3n) is 6.85. The molecule has 0 spiro atoms. The fourth-order valence-electron chi connectivity index (χ4n) is 4.64. The van der Waals surface area contributed by atoms with Crippen molar-refractivity contribution in [3.05, 3.63) is 137 Å². The van der Waals surface area contributed by atoms with Crippen molar-refractivity contribution >= 4 is 29.8 Å². The average Bonchev–Trinajstić information content (AvgIpc) is 3.38. The lowest BCUT2D eigenvalue weighted by Gasteiger charge is -2.18. The molecule has 0 unspecified atom stereocenters. The number of rotatable bonds is 12. The van der Waals surface area contributed by atoms with Crippen LogP contribution < -0.4 is 10.1 Å². The first-order valence-corrected chi connectivity index (χ1v) is 13.5. The summed E-state index contributed by atoms with van der Waals surface area (Å²) in [4.78, 5) is 33.2. The Bertz CT molecular complexity index is 1620. The zero-order valence-corrected chi connectivity index (χ0v) is 23.9. The van der Waals surface area contributed by atoms with Crippen molar-refractivity contribution in [2.45, 2.75) is 25.8 Å². The summed E-state index contributed by atoms with van der Waals surface area (Å²) in [6.07, 6.45) is 0.915. The van der Waals surface area contributed by atoms with E-state index >= 15 is 0 Å². The first kappa shape index (κ1) is 30.1. The van der Waals surface area contributed by atoms with E-state index in [4.69, 9.17) is 4.74 Å². The van der Waals surface area contributed by atoms with Crippen molar-refractivity contribution < 1.29 is 19.4 Å². The van der Waals surface area contributed by atoms with Crippen molar-refractivity contribution in [3.8, 4) is 17.1 Å². The number of halogens is 1. The number of ether oxygens (including phenoxy) is 1. The van der Waals surface area contributed by atoms with Gasteiger partial charge in [-0.15, -0.1) is 12.4 Å². The second-order valence-corrected chi connectivity index (χ2v) is 9.74. The molecule has 0 bridgehead atoms. The summed E-state index contributed by atoms with van der Waals surface area (Å²) in [5.74, 6) is 0.377. The Morgan fingerprint density at radius 3 is 2.21 bits per heavy atom. The van der Waals surface area contributed by atoms with Crippen LogP contribution in [0.4, 0.5) is 5.69 Å². The number of benzene rings is 4. The van der Waals surface area contributed by atoms with E-state index in [-0.39, 0.29) is 24.6 Å². The van der Waals surface area contributed by atoms with Crippen LogP contribution in [0.3, 0.4) is 0 Å². The topological polar surface area (TPSA) is 104 Å². The van der Waals surface area contributed by atoms with Crippen LogP contribution in [0.25, 0.3) is 11.4 Å². The van der Waals surface area contributed by atoms with Gasteiger partial charge in [-0.25, -0.2) is 9.78 Å². The summed E-state index contributed by atoms with van der Waals surface area (Å²) >= 11 is 0. The number of carboxylic acids is 1. The fraction of sp³-hybridized carbons (Fsp3) is 0.147. The minimum atomic E-state index is -1.00.